The maximum absolute atomic E-state index is 12.6. The SMILES string of the molecule is COc1ccc(CNC(=O)C[NH+]2CCc3sccc3[C@@H]2c2cccs2)cc1. The Morgan fingerprint density at radius 2 is 2.04 bits per heavy atom. The van der Waals surface area contributed by atoms with Crippen LogP contribution in [-0.4, -0.2) is 26.1 Å². The number of hydrogen-bond donors (Lipinski definition) is 2. The standard InChI is InChI=1S/C21H22N2O2S2/c1-25-16-6-4-15(5-7-16)13-22-20(24)14-23-10-8-18-17(9-12-27-18)21(23)19-3-2-11-26-19/h2-7,9,11-12,21H,8,10,13-14H2,1H3,(H,22,24)/p+1/t21-/m1/s1. The van der Waals surface area contributed by atoms with Gasteiger partial charge in [0, 0.05) is 23.4 Å². The van der Waals surface area contributed by atoms with Gasteiger partial charge in [-0.3, -0.25) is 4.79 Å². The average molecular weight is 400 g/mol. The van der Waals surface area contributed by atoms with Crippen LogP contribution in [0.4, 0.5) is 0 Å². The van der Waals surface area contributed by atoms with Gasteiger partial charge in [-0.2, -0.15) is 0 Å². The number of ether oxygens (including phenoxy) is 1. The van der Waals surface area contributed by atoms with Crippen LogP contribution >= 0.6 is 22.7 Å². The summed E-state index contributed by atoms with van der Waals surface area (Å²) in [5.41, 5.74) is 2.47. The highest BCUT2D eigenvalue weighted by Gasteiger charge is 2.34. The molecule has 4 nitrogen and oxygen atoms in total. The van der Waals surface area contributed by atoms with Crippen LogP contribution in [0.2, 0.25) is 0 Å². The summed E-state index contributed by atoms with van der Waals surface area (Å²) in [6, 6.07) is 14.6. The molecule has 0 fully saturated rings. The topological polar surface area (TPSA) is 42.8 Å². The second-order valence-electron chi connectivity index (χ2n) is 6.71. The Morgan fingerprint density at radius 1 is 1.19 bits per heavy atom. The van der Waals surface area contributed by atoms with E-state index in [0.29, 0.717) is 13.1 Å². The van der Waals surface area contributed by atoms with Gasteiger partial charge in [-0.25, -0.2) is 0 Å². The van der Waals surface area contributed by atoms with Gasteiger partial charge in [-0.1, -0.05) is 18.2 Å². The van der Waals surface area contributed by atoms with Crippen LogP contribution < -0.4 is 15.0 Å². The summed E-state index contributed by atoms with van der Waals surface area (Å²) in [4.78, 5) is 16.8. The molecule has 0 spiro atoms. The van der Waals surface area contributed by atoms with Crippen LogP contribution in [0.1, 0.15) is 26.9 Å². The molecule has 1 aromatic carbocycles. The zero-order chi connectivity index (χ0) is 18.6. The van der Waals surface area contributed by atoms with E-state index in [1.54, 1.807) is 18.4 Å². The summed E-state index contributed by atoms with van der Waals surface area (Å²) in [6.07, 6.45) is 1.05. The molecule has 3 aromatic rings. The molecule has 1 aliphatic rings. The minimum Gasteiger partial charge on any atom is -0.497 e. The van der Waals surface area contributed by atoms with E-state index in [0.717, 1.165) is 24.3 Å². The van der Waals surface area contributed by atoms with Crippen molar-refractivity contribution in [1.82, 2.24) is 5.32 Å². The van der Waals surface area contributed by atoms with Gasteiger partial charge in [0.15, 0.2) is 6.54 Å². The third kappa shape index (κ3) is 4.08. The lowest BCUT2D eigenvalue weighted by Gasteiger charge is -2.31. The third-order valence-electron chi connectivity index (χ3n) is 5.04. The highest BCUT2D eigenvalue weighted by Crippen LogP contribution is 2.31. The first-order valence-corrected chi connectivity index (χ1v) is 10.8. The Morgan fingerprint density at radius 3 is 2.78 bits per heavy atom. The second kappa shape index (κ2) is 8.25. The van der Waals surface area contributed by atoms with Crippen LogP contribution in [0, 0.1) is 0 Å². The van der Waals surface area contributed by atoms with E-state index in [4.69, 9.17) is 4.74 Å². The van der Waals surface area contributed by atoms with Crippen molar-refractivity contribution >= 4 is 28.6 Å². The molecule has 4 rings (SSSR count). The zero-order valence-corrected chi connectivity index (χ0v) is 16.9. The Hall–Kier alpha value is -2.15. The summed E-state index contributed by atoms with van der Waals surface area (Å²) in [6.45, 7) is 2.03. The number of hydrogen-bond acceptors (Lipinski definition) is 4. The number of rotatable bonds is 6. The number of nitrogens with one attached hydrogen (secondary N) is 2. The number of quaternary nitrogens is 1. The molecule has 1 unspecified atom stereocenters. The fourth-order valence-corrected chi connectivity index (χ4v) is 5.48. The Balaban J connectivity index is 1.42. The van der Waals surface area contributed by atoms with Gasteiger partial charge in [0.25, 0.3) is 5.91 Å². The van der Waals surface area contributed by atoms with Crippen LogP contribution in [0.3, 0.4) is 0 Å². The molecule has 0 bridgehead atoms. The van der Waals surface area contributed by atoms with Crippen LogP contribution in [-0.2, 0) is 17.8 Å². The molecular weight excluding hydrogens is 376 g/mol. The van der Waals surface area contributed by atoms with Crippen molar-refractivity contribution in [2.75, 3.05) is 20.2 Å². The van der Waals surface area contributed by atoms with E-state index in [2.05, 4.69) is 34.3 Å². The minimum atomic E-state index is 0.0982. The lowest BCUT2D eigenvalue weighted by molar-refractivity contribution is -0.919. The Kier molecular flexibility index (Phi) is 5.57. The van der Waals surface area contributed by atoms with E-state index in [1.807, 2.05) is 35.6 Å². The summed E-state index contributed by atoms with van der Waals surface area (Å²) in [5.74, 6) is 0.925. The van der Waals surface area contributed by atoms with E-state index < -0.39 is 0 Å². The molecule has 1 amide bonds. The lowest BCUT2D eigenvalue weighted by Crippen LogP contribution is -3.14. The smallest absolute Gasteiger partial charge is 0.275 e. The van der Waals surface area contributed by atoms with Crippen molar-refractivity contribution in [3.8, 4) is 5.75 Å². The quantitative estimate of drug-likeness (QED) is 0.669. The van der Waals surface area contributed by atoms with Gasteiger partial charge in [0.2, 0.25) is 0 Å². The van der Waals surface area contributed by atoms with Gasteiger partial charge in [-0.05, 0) is 40.6 Å². The minimum absolute atomic E-state index is 0.0982. The van der Waals surface area contributed by atoms with Crippen molar-refractivity contribution in [3.63, 3.8) is 0 Å². The van der Waals surface area contributed by atoms with Gasteiger partial charge in [0.1, 0.15) is 11.8 Å². The third-order valence-corrected chi connectivity index (χ3v) is 6.97. The van der Waals surface area contributed by atoms with Gasteiger partial charge >= 0.3 is 0 Å². The lowest BCUT2D eigenvalue weighted by atomic mass is 9.98. The van der Waals surface area contributed by atoms with Crippen molar-refractivity contribution in [2.24, 2.45) is 0 Å². The van der Waals surface area contributed by atoms with Crippen molar-refractivity contribution in [2.45, 2.75) is 19.0 Å². The molecule has 0 aliphatic carbocycles. The number of carbonyl (C=O) groups is 1. The molecule has 2 N–H and O–H groups in total. The average Bonchev–Trinajstić information content (AvgIpc) is 3.38. The number of methoxy groups -OCH3 is 1. The predicted molar refractivity (Wildman–Crippen MR) is 110 cm³/mol. The largest absolute Gasteiger partial charge is 0.497 e. The molecule has 1 aliphatic heterocycles. The zero-order valence-electron chi connectivity index (χ0n) is 15.2. The maximum atomic E-state index is 12.6. The number of benzene rings is 1. The summed E-state index contributed by atoms with van der Waals surface area (Å²) >= 11 is 3.62. The first kappa shape index (κ1) is 18.2. The van der Waals surface area contributed by atoms with Crippen molar-refractivity contribution in [1.29, 1.82) is 0 Å². The normalized spacial score (nSPS) is 18.7. The molecule has 2 aromatic heterocycles. The van der Waals surface area contributed by atoms with Crippen molar-refractivity contribution in [3.05, 3.63) is 74.1 Å². The van der Waals surface area contributed by atoms with Crippen LogP contribution in [0.15, 0.2) is 53.2 Å². The molecule has 0 saturated carbocycles. The van der Waals surface area contributed by atoms with E-state index in [9.17, 15) is 4.79 Å². The van der Waals surface area contributed by atoms with Gasteiger partial charge < -0.3 is 15.0 Å². The fraction of sp³-hybridized carbons (Fsp3) is 0.286. The maximum Gasteiger partial charge on any atom is 0.275 e. The molecule has 0 radical (unpaired) electrons. The molecule has 2 atom stereocenters. The van der Waals surface area contributed by atoms with E-state index in [1.165, 1.54) is 20.2 Å². The van der Waals surface area contributed by atoms with Crippen LogP contribution in [0.5, 0.6) is 5.75 Å². The Bertz CT molecular complexity index is 887. The predicted octanol–water partition coefficient (Wildman–Crippen LogP) is 2.67. The molecule has 0 saturated heterocycles. The molecule has 140 valence electrons. The summed E-state index contributed by atoms with van der Waals surface area (Å²) in [5, 5.41) is 7.37. The number of amides is 1. The first-order chi connectivity index (χ1) is 13.2. The Labute approximate surface area is 167 Å². The number of fused-ring (bicyclic) bond motifs is 1. The first-order valence-electron chi connectivity index (χ1n) is 9.08. The molecule has 6 heteroatoms. The fourth-order valence-electron chi connectivity index (χ4n) is 3.66. The van der Waals surface area contributed by atoms with E-state index >= 15 is 0 Å². The highest BCUT2D eigenvalue weighted by molar-refractivity contribution is 7.10. The van der Waals surface area contributed by atoms with E-state index in [-0.39, 0.29) is 11.9 Å². The van der Waals surface area contributed by atoms with Gasteiger partial charge in [0.05, 0.1) is 18.5 Å². The highest BCUT2D eigenvalue weighted by atomic mass is 32.1. The molecular formula is C21H23N2O2S2+. The van der Waals surface area contributed by atoms with Gasteiger partial charge in [-0.15, -0.1) is 22.7 Å². The number of thiophene rings is 2. The molecule has 27 heavy (non-hydrogen) atoms. The van der Waals surface area contributed by atoms with Crippen LogP contribution in [0.25, 0.3) is 0 Å². The monoisotopic (exact) mass is 399 g/mol. The second-order valence-corrected chi connectivity index (χ2v) is 8.69. The molecule has 3 heterocycles. The summed E-state index contributed by atoms with van der Waals surface area (Å²) in [7, 11) is 1.65. The van der Waals surface area contributed by atoms with Crippen molar-refractivity contribution < 1.29 is 14.4 Å². The summed E-state index contributed by atoms with van der Waals surface area (Å²) < 4.78 is 5.18. The number of carbonyl (C=O) groups excluding carboxylic acids is 1.